The zero-order chi connectivity index (χ0) is 19.6. The third kappa shape index (κ3) is 3.68. The van der Waals surface area contributed by atoms with Crippen LogP contribution in [0, 0.1) is 0 Å². The molecule has 1 aliphatic rings. The van der Waals surface area contributed by atoms with Crippen molar-refractivity contribution in [3.63, 3.8) is 0 Å². The van der Waals surface area contributed by atoms with Crippen molar-refractivity contribution in [3.05, 3.63) is 48.9 Å². The van der Waals surface area contributed by atoms with Crippen LogP contribution in [0.5, 0.6) is 0 Å². The van der Waals surface area contributed by atoms with Crippen LogP contribution in [0.25, 0.3) is 33.1 Å². The Bertz CT molecular complexity index is 1130. The first-order valence-electron chi connectivity index (χ1n) is 10.4. The highest BCUT2D eigenvalue weighted by atomic mass is 16.5. The van der Waals surface area contributed by atoms with Crippen molar-refractivity contribution in [1.29, 1.82) is 0 Å². The highest BCUT2D eigenvalue weighted by molar-refractivity contribution is 5.96. The van der Waals surface area contributed by atoms with Crippen molar-refractivity contribution in [1.82, 2.24) is 19.9 Å². The predicted molar refractivity (Wildman–Crippen MR) is 116 cm³/mol. The summed E-state index contributed by atoms with van der Waals surface area (Å²) in [7, 11) is 0. The quantitative estimate of drug-likeness (QED) is 0.508. The highest BCUT2D eigenvalue weighted by Crippen LogP contribution is 2.30. The third-order valence-electron chi connectivity index (χ3n) is 5.76. The second-order valence-electron chi connectivity index (χ2n) is 7.64. The van der Waals surface area contributed by atoms with Gasteiger partial charge in [-0.3, -0.25) is 4.98 Å². The molecule has 3 aromatic heterocycles. The lowest BCUT2D eigenvalue weighted by molar-refractivity contribution is 0.0346. The summed E-state index contributed by atoms with van der Waals surface area (Å²) in [5, 5.41) is 5.66. The van der Waals surface area contributed by atoms with E-state index in [4.69, 9.17) is 9.72 Å². The van der Waals surface area contributed by atoms with Gasteiger partial charge in [-0.25, -0.2) is 4.98 Å². The van der Waals surface area contributed by atoms with E-state index in [2.05, 4.69) is 51.5 Å². The SMILES string of the molecule is CCO[C@H]1CC[C@@H](Nc2ncc3c(-c4ccc5ncccc5c4)c[nH]c3n2)CC1. The number of benzene rings is 1. The zero-order valence-electron chi connectivity index (χ0n) is 16.6. The average Bonchev–Trinajstić information content (AvgIpc) is 3.18. The Hall–Kier alpha value is -2.99. The molecule has 6 nitrogen and oxygen atoms in total. The molecule has 29 heavy (non-hydrogen) atoms. The number of anilines is 1. The summed E-state index contributed by atoms with van der Waals surface area (Å²) >= 11 is 0. The summed E-state index contributed by atoms with van der Waals surface area (Å²) in [6, 6.07) is 10.8. The van der Waals surface area contributed by atoms with Gasteiger partial charge in [-0.1, -0.05) is 12.1 Å². The molecule has 0 atom stereocenters. The van der Waals surface area contributed by atoms with Gasteiger partial charge in [0.25, 0.3) is 0 Å². The molecule has 148 valence electrons. The van der Waals surface area contributed by atoms with Gasteiger partial charge in [0.05, 0.1) is 11.6 Å². The van der Waals surface area contributed by atoms with Gasteiger partial charge in [-0.2, -0.15) is 4.98 Å². The van der Waals surface area contributed by atoms with E-state index < -0.39 is 0 Å². The number of fused-ring (bicyclic) bond motifs is 2. The van der Waals surface area contributed by atoms with Crippen molar-refractivity contribution >= 4 is 27.9 Å². The Morgan fingerprint density at radius 2 is 2.03 bits per heavy atom. The number of H-pyrrole nitrogens is 1. The van der Waals surface area contributed by atoms with Gasteiger partial charge in [0.2, 0.25) is 5.95 Å². The summed E-state index contributed by atoms with van der Waals surface area (Å²) in [4.78, 5) is 17.0. The Morgan fingerprint density at radius 3 is 2.90 bits per heavy atom. The van der Waals surface area contributed by atoms with Crippen molar-refractivity contribution in [2.24, 2.45) is 0 Å². The van der Waals surface area contributed by atoms with Crippen LogP contribution in [0.4, 0.5) is 5.95 Å². The van der Waals surface area contributed by atoms with Crippen LogP contribution < -0.4 is 5.32 Å². The number of nitrogens with one attached hydrogen (secondary N) is 2. The molecular formula is C23H25N5O. The molecule has 0 amide bonds. The van der Waals surface area contributed by atoms with Crippen LogP contribution in [0.15, 0.2) is 48.9 Å². The molecule has 5 rings (SSSR count). The van der Waals surface area contributed by atoms with Crippen LogP contribution in [0.2, 0.25) is 0 Å². The number of aromatic amines is 1. The lowest BCUT2D eigenvalue weighted by Gasteiger charge is -2.28. The maximum absolute atomic E-state index is 5.74. The van der Waals surface area contributed by atoms with Crippen molar-refractivity contribution in [2.45, 2.75) is 44.8 Å². The molecule has 0 radical (unpaired) electrons. The van der Waals surface area contributed by atoms with E-state index in [9.17, 15) is 0 Å². The van der Waals surface area contributed by atoms with Gasteiger partial charge in [0.15, 0.2) is 0 Å². The fraction of sp³-hybridized carbons (Fsp3) is 0.348. The second kappa shape index (κ2) is 7.79. The van der Waals surface area contributed by atoms with E-state index in [1.807, 2.05) is 24.7 Å². The van der Waals surface area contributed by atoms with E-state index in [-0.39, 0.29) is 0 Å². The highest BCUT2D eigenvalue weighted by Gasteiger charge is 2.22. The van der Waals surface area contributed by atoms with E-state index >= 15 is 0 Å². The smallest absolute Gasteiger partial charge is 0.224 e. The summed E-state index contributed by atoms with van der Waals surface area (Å²) in [5.41, 5.74) is 4.09. The second-order valence-corrected chi connectivity index (χ2v) is 7.64. The Kier molecular flexibility index (Phi) is 4.86. The summed E-state index contributed by atoms with van der Waals surface area (Å²) in [5.74, 6) is 0.688. The molecular weight excluding hydrogens is 362 g/mol. The van der Waals surface area contributed by atoms with Crippen LogP contribution in [0.1, 0.15) is 32.6 Å². The molecule has 6 heteroatoms. The van der Waals surface area contributed by atoms with Gasteiger partial charge in [0.1, 0.15) is 5.65 Å². The van der Waals surface area contributed by atoms with E-state index in [0.717, 1.165) is 65.4 Å². The largest absolute Gasteiger partial charge is 0.379 e. The first-order chi connectivity index (χ1) is 14.3. The lowest BCUT2D eigenvalue weighted by atomic mass is 9.93. The van der Waals surface area contributed by atoms with E-state index in [0.29, 0.717) is 18.1 Å². The Labute approximate surface area is 169 Å². The number of nitrogens with zero attached hydrogens (tertiary/aromatic N) is 3. The monoisotopic (exact) mass is 387 g/mol. The van der Waals surface area contributed by atoms with Gasteiger partial charge < -0.3 is 15.0 Å². The normalized spacial score (nSPS) is 19.6. The maximum atomic E-state index is 5.74. The van der Waals surface area contributed by atoms with Crippen molar-refractivity contribution in [2.75, 3.05) is 11.9 Å². The minimum absolute atomic E-state index is 0.407. The molecule has 0 aliphatic heterocycles. The molecule has 0 spiro atoms. The number of hydrogen-bond acceptors (Lipinski definition) is 5. The number of pyridine rings is 1. The zero-order valence-corrected chi connectivity index (χ0v) is 16.6. The molecule has 0 unspecified atom stereocenters. The minimum atomic E-state index is 0.407. The summed E-state index contributed by atoms with van der Waals surface area (Å²) in [6.07, 6.45) is 10.5. The van der Waals surface area contributed by atoms with Crippen molar-refractivity contribution < 1.29 is 4.74 Å². The third-order valence-corrected chi connectivity index (χ3v) is 5.76. The van der Waals surface area contributed by atoms with E-state index in [1.54, 1.807) is 0 Å². The van der Waals surface area contributed by atoms with Crippen molar-refractivity contribution in [3.8, 4) is 11.1 Å². The van der Waals surface area contributed by atoms with Crippen LogP contribution in [0.3, 0.4) is 0 Å². The topological polar surface area (TPSA) is 75.7 Å². The van der Waals surface area contributed by atoms with Crippen LogP contribution in [-0.4, -0.2) is 38.7 Å². The average molecular weight is 387 g/mol. The molecule has 4 aromatic rings. The summed E-state index contributed by atoms with van der Waals surface area (Å²) < 4.78 is 5.74. The van der Waals surface area contributed by atoms with Gasteiger partial charge >= 0.3 is 0 Å². The van der Waals surface area contributed by atoms with Gasteiger partial charge in [-0.05, 0) is 56.4 Å². The molecule has 1 aromatic carbocycles. The lowest BCUT2D eigenvalue weighted by Crippen LogP contribution is -2.30. The standard InChI is InChI=1S/C23H25N5O/c1-2-29-18-8-6-17(7-9-18)27-23-26-14-20-19(13-25-22(20)28-23)15-5-10-21-16(12-15)4-3-11-24-21/h3-5,10-14,17-18H,2,6-9H2,1H3,(H2,25,26,27,28)/t17-,18+. The van der Waals surface area contributed by atoms with Crippen LogP contribution >= 0.6 is 0 Å². The molecule has 1 aliphatic carbocycles. The Balaban J connectivity index is 1.36. The molecule has 1 fully saturated rings. The molecule has 2 N–H and O–H groups in total. The molecule has 3 heterocycles. The molecule has 0 saturated heterocycles. The Morgan fingerprint density at radius 1 is 1.14 bits per heavy atom. The first kappa shape index (κ1) is 18.1. The van der Waals surface area contributed by atoms with Crippen LogP contribution in [-0.2, 0) is 4.74 Å². The number of hydrogen-bond donors (Lipinski definition) is 2. The molecule has 0 bridgehead atoms. The van der Waals surface area contributed by atoms with E-state index in [1.165, 1.54) is 0 Å². The van der Waals surface area contributed by atoms with Gasteiger partial charge in [-0.15, -0.1) is 0 Å². The molecule has 1 saturated carbocycles. The number of rotatable bonds is 5. The number of ether oxygens (including phenoxy) is 1. The number of aromatic nitrogens is 4. The minimum Gasteiger partial charge on any atom is -0.379 e. The fourth-order valence-electron chi connectivity index (χ4n) is 4.25. The first-order valence-corrected chi connectivity index (χ1v) is 10.4. The maximum Gasteiger partial charge on any atom is 0.224 e. The fourth-order valence-corrected chi connectivity index (χ4v) is 4.25. The summed E-state index contributed by atoms with van der Waals surface area (Å²) in [6.45, 7) is 2.86. The predicted octanol–water partition coefficient (Wildman–Crippen LogP) is 4.93. The van der Waals surface area contributed by atoms with Gasteiger partial charge in [0, 0.05) is 47.6 Å².